The van der Waals surface area contributed by atoms with Crippen molar-refractivity contribution in [2.24, 2.45) is 0 Å². The zero-order valence-electron chi connectivity index (χ0n) is 10.1. The molecule has 1 aromatic carbocycles. The van der Waals surface area contributed by atoms with Crippen LogP contribution in [0.2, 0.25) is 5.02 Å². The van der Waals surface area contributed by atoms with E-state index in [1.54, 1.807) is 11.8 Å². The van der Waals surface area contributed by atoms with Crippen molar-refractivity contribution >= 4 is 29.3 Å². The maximum Gasteiger partial charge on any atom is 0.238 e. The molecular formula is C13H17ClN2OS. The van der Waals surface area contributed by atoms with Crippen molar-refractivity contribution in [3.8, 4) is 0 Å². The van der Waals surface area contributed by atoms with Gasteiger partial charge >= 0.3 is 0 Å². The van der Waals surface area contributed by atoms with E-state index in [2.05, 4.69) is 10.6 Å². The average molecular weight is 285 g/mol. The fraction of sp³-hybridized carbons (Fsp3) is 0.462. The molecule has 1 saturated heterocycles. The van der Waals surface area contributed by atoms with Crippen molar-refractivity contribution < 1.29 is 4.79 Å². The Morgan fingerprint density at radius 3 is 3.06 bits per heavy atom. The largest absolute Gasteiger partial charge is 0.355 e. The molecule has 5 heteroatoms. The molecule has 1 heterocycles. The first-order chi connectivity index (χ1) is 8.77. The number of nitrogens with one attached hydrogen (secondary N) is 2. The van der Waals surface area contributed by atoms with Gasteiger partial charge in [-0.15, -0.1) is 11.8 Å². The molecule has 2 rings (SSSR count). The van der Waals surface area contributed by atoms with Crippen LogP contribution in [0.4, 0.5) is 0 Å². The van der Waals surface area contributed by atoms with E-state index in [1.165, 1.54) is 0 Å². The number of aryl methyl sites for hydroxylation is 1. The minimum absolute atomic E-state index is 0.0182. The van der Waals surface area contributed by atoms with Gasteiger partial charge in [0, 0.05) is 23.2 Å². The minimum atomic E-state index is -0.0182. The molecule has 0 aromatic heterocycles. The Bertz CT molecular complexity index is 408. The molecule has 98 valence electrons. The number of hydrogen-bond acceptors (Lipinski definition) is 3. The Hall–Kier alpha value is -0.710. The minimum Gasteiger partial charge on any atom is -0.355 e. The van der Waals surface area contributed by atoms with E-state index < -0.39 is 0 Å². The van der Waals surface area contributed by atoms with E-state index >= 15 is 0 Å². The van der Waals surface area contributed by atoms with E-state index in [-0.39, 0.29) is 11.9 Å². The third-order valence-corrected chi connectivity index (χ3v) is 4.22. The summed E-state index contributed by atoms with van der Waals surface area (Å²) in [5.74, 6) is 1.85. The van der Waals surface area contributed by atoms with Crippen LogP contribution in [0.25, 0.3) is 0 Å². The van der Waals surface area contributed by atoms with Gasteiger partial charge in [0.1, 0.15) is 0 Å². The molecule has 1 aliphatic rings. The molecule has 3 nitrogen and oxygen atoms in total. The molecule has 2 N–H and O–H groups in total. The predicted molar refractivity (Wildman–Crippen MR) is 77.0 cm³/mol. The van der Waals surface area contributed by atoms with Crippen molar-refractivity contribution in [1.82, 2.24) is 10.6 Å². The van der Waals surface area contributed by atoms with Crippen LogP contribution in [0, 0.1) is 0 Å². The third kappa shape index (κ3) is 3.90. The summed E-state index contributed by atoms with van der Waals surface area (Å²) in [4.78, 5) is 11.7. The van der Waals surface area contributed by atoms with Crippen molar-refractivity contribution in [2.45, 2.75) is 18.9 Å². The predicted octanol–water partition coefficient (Wildman–Crippen LogP) is 2.05. The highest BCUT2D eigenvalue weighted by Gasteiger charge is 2.21. The second-order valence-corrected chi connectivity index (χ2v) is 5.70. The molecule has 0 spiro atoms. The van der Waals surface area contributed by atoms with Crippen LogP contribution in [-0.2, 0) is 11.2 Å². The lowest BCUT2D eigenvalue weighted by Crippen LogP contribution is -2.42. The van der Waals surface area contributed by atoms with Crippen LogP contribution in [0.3, 0.4) is 0 Å². The number of benzene rings is 1. The fourth-order valence-corrected chi connectivity index (χ4v) is 3.05. The summed E-state index contributed by atoms with van der Waals surface area (Å²) in [5, 5.41) is 6.91. The summed E-state index contributed by atoms with van der Waals surface area (Å²) in [6, 6.07) is 7.82. The molecule has 18 heavy (non-hydrogen) atoms. The molecule has 0 saturated carbocycles. The van der Waals surface area contributed by atoms with Crippen LogP contribution in [0.1, 0.15) is 12.0 Å². The van der Waals surface area contributed by atoms with Gasteiger partial charge in [-0.05, 0) is 24.5 Å². The van der Waals surface area contributed by atoms with E-state index in [0.717, 1.165) is 35.1 Å². The molecule has 0 radical (unpaired) electrons. The normalized spacial score (nSPS) is 18.8. The topological polar surface area (TPSA) is 41.1 Å². The van der Waals surface area contributed by atoms with Gasteiger partial charge in [-0.3, -0.25) is 10.1 Å². The molecule has 1 atom stereocenters. The molecule has 1 fully saturated rings. The zero-order valence-corrected chi connectivity index (χ0v) is 11.7. The Morgan fingerprint density at radius 2 is 2.33 bits per heavy atom. The van der Waals surface area contributed by atoms with Gasteiger partial charge in [0.05, 0.1) is 6.04 Å². The lowest BCUT2D eigenvalue weighted by Gasteiger charge is -2.10. The quantitative estimate of drug-likeness (QED) is 0.813. The summed E-state index contributed by atoms with van der Waals surface area (Å²) in [6.45, 7) is 0.701. The SMILES string of the molecule is O=C(NCCCc1ccccc1Cl)[C@H]1CSCN1. The smallest absolute Gasteiger partial charge is 0.238 e. The maximum atomic E-state index is 11.7. The Balaban J connectivity index is 1.67. The summed E-state index contributed by atoms with van der Waals surface area (Å²) < 4.78 is 0. The summed E-state index contributed by atoms with van der Waals surface area (Å²) in [6.07, 6.45) is 1.81. The molecule has 1 aliphatic heterocycles. The molecule has 0 aliphatic carbocycles. The van der Waals surface area contributed by atoms with Crippen LogP contribution < -0.4 is 10.6 Å². The van der Waals surface area contributed by atoms with Gasteiger partial charge in [0.2, 0.25) is 5.91 Å². The molecule has 1 aromatic rings. The zero-order chi connectivity index (χ0) is 12.8. The molecule has 0 bridgehead atoms. The second kappa shape index (κ2) is 7.02. The summed E-state index contributed by atoms with van der Waals surface area (Å²) >= 11 is 7.83. The number of thioether (sulfide) groups is 1. The lowest BCUT2D eigenvalue weighted by molar-refractivity contribution is -0.122. The fourth-order valence-electron chi connectivity index (χ4n) is 1.88. The van der Waals surface area contributed by atoms with Gasteiger partial charge < -0.3 is 5.32 Å². The van der Waals surface area contributed by atoms with E-state index in [9.17, 15) is 4.79 Å². The van der Waals surface area contributed by atoms with E-state index in [1.807, 2.05) is 24.3 Å². The van der Waals surface area contributed by atoms with Crippen molar-refractivity contribution in [3.63, 3.8) is 0 Å². The van der Waals surface area contributed by atoms with Crippen LogP contribution in [-0.4, -0.2) is 30.1 Å². The first-order valence-corrected chi connectivity index (χ1v) is 7.63. The number of halogens is 1. The second-order valence-electron chi connectivity index (χ2n) is 4.26. The highest BCUT2D eigenvalue weighted by Crippen LogP contribution is 2.16. The first kappa shape index (κ1) is 13.7. The number of carbonyl (C=O) groups is 1. The number of carbonyl (C=O) groups excluding carboxylic acids is 1. The van der Waals surface area contributed by atoms with Gasteiger partial charge in [0.15, 0.2) is 0 Å². The molecule has 0 unspecified atom stereocenters. The molecular weight excluding hydrogens is 268 g/mol. The van der Waals surface area contributed by atoms with Crippen LogP contribution >= 0.6 is 23.4 Å². The monoisotopic (exact) mass is 284 g/mol. The summed E-state index contributed by atoms with van der Waals surface area (Å²) in [5.41, 5.74) is 1.14. The Kier molecular flexibility index (Phi) is 5.35. The highest BCUT2D eigenvalue weighted by atomic mass is 35.5. The lowest BCUT2D eigenvalue weighted by atomic mass is 10.1. The van der Waals surface area contributed by atoms with Crippen molar-refractivity contribution in [1.29, 1.82) is 0 Å². The van der Waals surface area contributed by atoms with Crippen LogP contribution in [0.15, 0.2) is 24.3 Å². The van der Waals surface area contributed by atoms with E-state index in [4.69, 9.17) is 11.6 Å². The first-order valence-electron chi connectivity index (χ1n) is 6.09. The number of hydrogen-bond donors (Lipinski definition) is 2. The van der Waals surface area contributed by atoms with Crippen LogP contribution in [0.5, 0.6) is 0 Å². The van der Waals surface area contributed by atoms with Gasteiger partial charge in [-0.1, -0.05) is 29.8 Å². The highest BCUT2D eigenvalue weighted by molar-refractivity contribution is 7.99. The maximum absolute atomic E-state index is 11.7. The standard InChI is InChI=1S/C13H17ClN2OS/c14-11-6-2-1-4-10(11)5-3-7-15-13(17)12-8-18-9-16-12/h1-2,4,6,12,16H,3,5,7-9H2,(H,15,17)/t12-/m1/s1. The number of rotatable bonds is 5. The van der Waals surface area contributed by atoms with Crippen molar-refractivity contribution in [2.75, 3.05) is 18.2 Å². The van der Waals surface area contributed by atoms with Gasteiger partial charge in [-0.25, -0.2) is 0 Å². The Labute approximate surface area is 117 Å². The van der Waals surface area contributed by atoms with E-state index in [0.29, 0.717) is 6.54 Å². The van der Waals surface area contributed by atoms with Gasteiger partial charge in [0.25, 0.3) is 0 Å². The van der Waals surface area contributed by atoms with Gasteiger partial charge in [-0.2, -0.15) is 0 Å². The summed E-state index contributed by atoms with van der Waals surface area (Å²) in [7, 11) is 0. The third-order valence-electron chi connectivity index (χ3n) is 2.91. The Morgan fingerprint density at radius 1 is 1.50 bits per heavy atom. The molecule has 1 amide bonds. The van der Waals surface area contributed by atoms with Crippen molar-refractivity contribution in [3.05, 3.63) is 34.9 Å². The number of amides is 1. The average Bonchev–Trinajstić information content (AvgIpc) is 2.90.